The minimum Gasteiger partial charge on any atom is -0.390 e. The SMILES string of the molecule is CO[C@@H]1COC[C@@H](CNC(=O)CCCc2ccc(C)cc2)[C@@H]1O. The van der Waals surface area contributed by atoms with E-state index in [1.807, 2.05) is 0 Å². The van der Waals surface area contributed by atoms with Crippen LogP contribution in [0.15, 0.2) is 24.3 Å². The van der Waals surface area contributed by atoms with Gasteiger partial charge in [-0.05, 0) is 25.3 Å². The van der Waals surface area contributed by atoms with Crippen LogP contribution in [0.5, 0.6) is 0 Å². The second-order valence-corrected chi connectivity index (χ2v) is 6.21. The summed E-state index contributed by atoms with van der Waals surface area (Å²) in [6, 6.07) is 8.39. The number of aliphatic hydroxyl groups excluding tert-OH is 1. The summed E-state index contributed by atoms with van der Waals surface area (Å²) in [6.07, 6.45) is 1.30. The lowest BCUT2D eigenvalue weighted by Crippen LogP contribution is -2.49. The van der Waals surface area contributed by atoms with Crippen molar-refractivity contribution in [2.75, 3.05) is 26.9 Å². The Labute approximate surface area is 138 Å². The van der Waals surface area contributed by atoms with Crippen LogP contribution in [0, 0.1) is 12.8 Å². The number of ether oxygens (including phenoxy) is 2. The molecule has 0 saturated carbocycles. The van der Waals surface area contributed by atoms with Crippen molar-refractivity contribution in [2.45, 2.75) is 38.4 Å². The lowest BCUT2D eigenvalue weighted by Gasteiger charge is -2.33. The van der Waals surface area contributed by atoms with Gasteiger partial charge in [-0.25, -0.2) is 0 Å². The molecule has 2 rings (SSSR count). The predicted molar refractivity (Wildman–Crippen MR) is 88.2 cm³/mol. The summed E-state index contributed by atoms with van der Waals surface area (Å²) >= 11 is 0. The highest BCUT2D eigenvalue weighted by molar-refractivity contribution is 5.75. The summed E-state index contributed by atoms with van der Waals surface area (Å²) in [5.41, 5.74) is 2.50. The molecule has 1 fully saturated rings. The van der Waals surface area contributed by atoms with Crippen LogP contribution < -0.4 is 5.32 Å². The number of nitrogens with one attached hydrogen (secondary N) is 1. The molecule has 1 amide bonds. The highest BCUT2D eigenvalue weighted by atomic mass is 16.5. The Hall–Kier alpha value is -1.43. The van der Waals surface area contributed by atoms with Gasteiger partial charge in [0.1, 0.15) is 6.10 Å². The first-order chi connectivity index (χ1) is 11.1. The number of carbonyl (C=O) groups excluding carboxylic acids is 1. The molecule has 1 aliphatic rings. The molecule has 5 heteroatoms. The van der Waals surface area contributed by atoms with Gasteiger partial charge in [0.15, 0.2) is 0 Å². The summed E-state index contributed by atoms with van der Waals surface area (Å²) < 4.78 is 10.6. The molecule has 1 aromatic carbocycles. The van der Waals surface area contributed by atoms with Crippen molar-refractivity contribution in [3.05, 3.63) is 35.4 Å². The van der Waals surface area contributed by atoms with E-state index in [2.05, 4.69) is 36.5 Å². The Bertz CT molecular complexity index is 488. The molecule has 0 bridgehead atoms. The van der Waals surface area contributed by atoms with Crippen LogP contribution in [0.25, 0.3) is 0 Å². The lowest BCUT2D eigenvalue weighted by molar-refractivity contribution is -0.136. The molecule has 0 unspecified atom stereocenters. The highest BCUT2D eigenvalue weighted by Gasteiger charge is 2.32. The predicted octanol–water partition coefficient (Wildman–Crippen LogP) is 1.46. The Morgan fingerprint density at radius 1 is 1.35 bits per heavy atom. The summed E-state index contributed by atoms with van der Waals surface area (Å²) in [5, 5.41) is 13.0. The zero-order valence-corrected chi connectivity index (χ0v) is 14.0. The zero-order chi connectivity index (χ0) is 16.7. The molecule has 1 aromatic rings. The van der Waals surface area contributed by atoms with E-state index in [0.29, 0.717) is 26.2 Å². The molecule has 0 spiro atoms. The Balaban J connectivity index is 1.65. The Kier molecular flexibility index (Phi) is 7.02. The number of hydrogen-bond acceptors (Lipinski definition) is 4. The van der Waals surface area contributed by atoms with Gasteiger partial charge in [-0.3, -0.25) is 4.79 Å². The quantitative estimate of drug-likeness (QED) is 0.798. The monoisotopic (exact) mass is 321 g/mol. The summed E-state index contributed by atoms with van der Waals surface area (Å²) in [7, 11) is 1.56. The number of aryl methyl sites for hydroxylation is 2. The van der Waals surface area contributed by atoms with Gasteiger partial charge in [0, 0.05) is 26.0 Å². The van der Waals surface area contributed by atoms with Gasteiger partial charge in [0.05, 0.1) is 19.3 Å². The topological polar surface area (TPSA) is 67.8 Å². The second kappa shape index (κ2) is 9.01. The van der Waals surface area contributed by atoms with Crippen molar-refractivity contribution in [1.29, 1.82) is 0 Å². The fourth-order valence-electron chi connectivity index (χ4n) is 2.76. The van der Waals surface area contributed by atoms with E-state index in [1.165, 1.54) is 11.1 Å². The Morgan fingerprint density at radius 3 is 2.78 bits per heavy atom. The minimum absolute atomic E-state index is 0.0175. The largest absolute Gasteiger partial charge is 0.390 e. The number of aliphatic hydroxyl groups is 1. The molecular weight excluding hydrogens is 294 g/mol. The molecule has 1 saturated heterocycles. The zero-order valence-electron chi connectivity index (χ0n) is 14.0. The number of rotatable bonds is 7. The number of amides is 1. The smallest absolute Gasteiger partial charge is 0.220 e. The van der Waals surface area contributed by atoms with E-state index < -0.39 is 6.10 Å². The molecule has 0 aliphatic carbocycles. The molecule has 23 heavy (non-hydrogen) atoms. The van der Waals surface area contributed by atoms with Crippen molar-refractivity contribution in [3.63, 3.8) is 0 Å². The maximum atomic E-state index is 11.9. The van der Waals surface area contributed by atoms with Gasteiger partial charge in [-0.2, -0.15) is 0 Å². The standard InChI is InChI=1S/C18H27NO4/c1-13-6-8-14(9-7-13)4-3-5-17(20)19-10-15-11-23-12-16(22-2)18(15)21/h6-9,15-16,18,21H,3-5,10-12H2,1-2H3,(H,19,20)/t15-,16-,18+/m1/s1. The third kappa shape index (κ3) is 5.61. The molecule has 1 heterocycles. The van der Waals surface area contributed by atoms with Crippen LogP contribution in [0.4, 0.5) is 0 Å². The summed E-state index contributed by atoms with van der Waals surface area (Å²) in [4.78, 5) is 11.9. The number of hydrogen-bond donors (Lipinski definition) is 2. The molecule has 3 atom stereocenters. The summed E-state index contributed by atoms with van der Waals surface area (Å²) in [5.74, 6) is -0.0985. The van der Waals surface area contributed by atoms with Crippen LogP contribution in [-0.2, 0) is 20.7 Å². The van der Waals surface area contributed by atoms with Crippen LogP contribution in [0.1, 0.15) is 24.0 Å². The maximum Gasteiger partial charge on any atom is 0.220 e. The first-order valence-electron chi connectivity index (χ1n) is 8.21. The average Bonchev–Trinajstić information content (AvgIpc) is 2.56. The van der Waals surface area contributed by atoms with E-state index in [9.17, 15) is 9.90 Å². The first-order valence-corrected chi connectivity index (χ1v) is 8.21. The van der Waals surface area contributed by atoms with Crippen LogP contribution >= 0.6 is 0 Å². The molecule has 0 radical (unpaired) electrons. The van der Waals surface area contributed by atoms with E-state index >= 15 is 0 Å². The van der Waals surface area contributed by atoms with E-state index in [-0.39, 0.29) is 17.9 Å². The van der Waals surface area contributed by atoms with Gasteiger partial charge >= 0.3 is 0 Å². The molecule has 128 valence electrons. The van der Waals surface area contributed by atoms with Gasteiger partial charge in [0.2, 0.25) is 5.91 Å². The number of methoxy groups -OCH3 is 1. The number of benzene rings is 1. The molecular formula is C18H27NO4. The van der Waals surface area contributed by atoms with E-state index in [0.717, 1.165) is 12.8 Å². The normalized spacial score (nSPS) is 24.4. The molecule has 0 aromatic heterocycles. The fourth-order valence-corrected chi connectivity index (χ4v) is 2.76. The average molecular weight is 321 g/mol. The van der Waals surface area contributed by atoms with Crippen LogP contribution in [0.2, 0.25) is 0 Å². The first kappa shape index (κ1) is 17.9. The van der Waals surface area contributed by atoms with Crippen LogP contribution in [-0.4, -0.2) is 50.1 Å². The van der Waals surface area contributed by atoms with E-state index in [4.69, 9.17) is 9.47 Å². The van der Waals surface area contributed by atoms with E-state index in [1.54, 1.807) is 7.11 Å². The van der Waals surface area contributed by atoms with Gasteiger partial charge in [0.25, 0.3) is 0 Å². The maximum absolute atomic E-state index is 11.9. The third-order valence-corrected chi connectivity index (χ3v) is 4.33. The Morgan fingerprint density at radius 2 is 2.09 bits per heavy atom. The van der Waals surface area contributed by atoms with Crippen molar-refractivity contribution in [3.8, 4) is 0 Å². The number of carbonyl (C=O) groups is 1. The van der Waals surface area contributed by atoms with Gasteiger partial charge in [-0.15, -0.1) is 0 Å². The molecule has 5 nitrogen and oxygen atoms in total. The fraction of sp³-hybridized carbons (Fsp3) is 0.611. The van der Waals surface area contributed by atoms with Crippen LogP contribution in [0.3, 0.4) is 0 Å². The van der Waals surface area contributed by atoms with Crippen molar-refractivity contribution in [2.24, 2.45) is 5.92 Å². The molecule has 1 aliphatic heterocycles. The lowest BCUT2D eigenvalue weighted by atomic mass is 9.96. The highest BCUT2D eigenvalue weighted by Crippen LogP contribution is 2.17. The van der Waals surface area contributed by atoms with Gasteiger partial charge < -0.3 is 19.9 Å². The van der Waals surface area contributed by atoms with Gasteiger partial charge in [-0.1, -0.05) is 29.8 Å². The van der Waals surface area contributed by atoms with Crippen molar-refractivity contribution >= 4 is 5.91 Å². The molecule has 2 N–H and O–H groups in total. The minimum atomic E-state index is -0.596. The second-order valence-electron chi connectivity index (χ2n) is 6.21. The van der Waals surface area contributed by atoms with Crippen molar-refractivity contribution in [1.82, 2.24) is 5.32 Å². The summed E-state index contributed by atoms with van der Waals surface area (Å²) in [6.45, 7) is 3.34. The third-order valence-electron chi connectivity index (χ3n) is 4.33. The van der Waals surface area contributed by atoms with Crippen molar-refractivity contribution < 1.29 is 19.4 Å².